The maximum absolute atomic E-state index is 12.9. The van der Waals surface area contributed by atoms with Crippen LogP contribution in [0, 0.1) is 13.8 Å². The molecular weight excluding hydrogens is 480 g/mol. The number of hydrogen-bond donors (Lipinski definition) is 1. The normalized spacial score (nSPS) is 15.1. The molecule has 1 N–H and O–H groups in total. The first kappa shape index (κ1) is 23.8. The van der Waals surface area contributed by atoms with Crippen molar-refractivity contribution in [2.45, 2.75) is 25.2 Å². The van der Waals surface area contributed by atoms with E-state index in [-0.39, 0.29) is 4.90 Å². The van der Waals surface area contributed by atoms with Gasteiger partial charge in [-0.25, -0.2) is 8.42 Å². The van der Waals surface area contributed by atoms with E-state index in [0.717, 1.165) is 45.0 Å². The third-order valence-corrected chi connectivity index (χ3v) is 9.11. The van der Waals surface area contributed by atoms with Gasteiger partial charge in [0.15, 0.2) is 0 Å². The third kappa shape index (κ3) is 4.91. The third-order valence-electron chi connectivity index (χ3n) is 6.66. The second-order valence-corrected chi connectivity index (χ2v) is 11.4. The quantitative estimate of drug-likeness (QED) is 0.407. The molecule has 10 heteroatoms. The zero-order chi connectivity index (χ0) is 24.6. The van der Waals surface area contributed by atoms with Crippen molar-refractivity contribution in [2.24, 2.45) is 7.05 Å². The van der Waals surface area contributed by atoms with Gasteiger partial charge in [0, 0.05) is 50.8 Å². The van der Waals surface area contributed by atoms with Crippen LogP contribution in [0.5, 0.6) is 0 Å². The summed E-state index contributed by atoms with van der Waals surface area (Å²) in [5.74, 6) is 1.11. The number of fused-ring (bicyclic) bond motifs is 1. The largest absolute Gasteiger partial charge is 0.353 e. The lowest BCUT2D eigenvalue weighted by Crippen LogP contribution is -2.47. The van der Waals surface area contributed by atoms with E-state index in [4.69, 9.17) is 4.37 Å². The van der Waals surface area contributed by atoms with Crippen molar-refractivity contribution in [1.82, 2.24) is 19.1 Å². The summed E-state index contributed by atoms with van der Waals surface area (Å²) >= 11 is 1.57. The van der Waals surface area contributed by atoms with Crippen molar-refractivity contribution in [3.8, 4) is 0 Å². The molecule has 0 aliphatic carbocycles. The number of benzene rings is 2. The number of nitrogens with one attached hydrogen (secondary N) is 1. The molecule has 2 aromatic heterocycles. The zero-order valence-electron chi connectivity index (χ0n) is 20.2. The predicted octanol–water partition coefficient (Wildman–Crippen LogP) is 3.81. The molecule has 8 nitrogen and oxygen atoms in total. The van der Waals surface area contributed by atoms with E-state index < -0.39 is 10.0 Å². The van der Waals surface area contributed by atoms with Crippen LogP contribution in [0.3, 0.4) is 0 Å². The van der Waals surface area contributed by atoms with Gasteiger partial charge in [-0.1, -0.05) is 24.3 Å². The second-order valence-electron chi connectivity index (χ2n) is 9.01. The van der Waals surface area contributed by atoms with Gasteiger partial charge in [-0.2, -0.15) is 9.47 Å². The topological polar surface area (TPSA) is 83.4 Å². The minimum absolute atomic E-state index is 0.244. The number of piperazine rings is 1. The summed E-state index contributed by atoms with van der Waals surface area (Å²) in [6.07, 6.45) is 0.924. The van der Waals surface area contributed by atoms with Crippen LogP contribution in [-0.4, -0.2) is 60.2 Å². The van der Waals surface area contributed by atoms with Crippen LogP contribution in [-0.2, 0) is 23.5 Å². The molecule has 4 aromatic rings. The number of sulfonamides is 1. The Balaban J connectivity index is 1.15. The summed E-state index contributed by atoms with van der Waals surface area (Å²) in [4.78, 5) is 5.12. The number of hydrogen-bond acceptors (Lipinski definition) is 7. The Hall–Kier alpha value is -2.95. The number of rotatable bonds is 7. The van der Waals surface area contributed by atoms with E-state index in [9.17, 15) is 8.42 Å². The highest BCUT2D eigenvalue weighted by atomic mass is 32.2. The first-order valence-corrected chi connectivity index (χ1v) is 14.0. The lowest BCUT2D eigenvalue weighted by molar-refractivity contribution is 0.261. The van der Waals surface area contributed by atoms with E-state index in [1.807, 2.05) is 24.3 Å². The monoisotopic (exact) mass is 510 g/mol. The van der Waals surface area contributed by atoms with Crippen LogP contribution in [0.15, 0.2) is 53.4 Å². The Labute approximate surface area is 210 Å². The molecule has 0 unspecified atom stereocenters. The van der Waals surface area contributed by atoms with E-state index in [2.05, 4.69) is 43.9 Å². The van der Waals surface area contributed by atoms with Gasteiger partial charge in [-0.3, -0.25) is 14.3 Å². The van der Waals surface area contributed by atoms with Crippen LogP contribution >= 0.6 is 11.5 Å². The van der Waals surface area contributed by atoms with Gasteiger partial charge in [0.1, 0.15) is 10.7 Å². The highest BCUT2D eigenvalue weighted by molar-refractivity contribution is 7.92. The van der Waals surface area contributed by atoms with Crippen LogP contribution in [0.2, 0.25) is 0 Å². The molecule has 0 bridgehead atoms. The van der Waals surface area contributed by atoms with E-state index in [1.54, 1.807) is 37.1 Å². The molecule has 35 heavy (non-hydrogen) atoms. The van der Waals surface area contributed by atoms with Gasteiger partial charge in [0.05, 0.1) is 16.1 Å². The standard InChI is InChI=1S/C25H30N6O2S2/c1-18-24(19(2)29(3)26-18)35(32,33)28-21-10-8-20(9-11-21)12-13-30-14-16-31(17-15-30)25-22-6-4-5-7-23(22)34-27-25/h4-11,28H,12-17H2,1-3H3. The van der Waals surface area contributed by atoms with E-state index >= 15 is 0 Å². The summed E-state index contributed by atoms with van der Waals surface area (Å²) in [7, 11) is -1.94. The summed E-state index contributed by atoms with van der Waals surface area (Å²) in [6, 6.07) is 16.1. The fourth-order valence-corrected chi connectivity index (χ4v) is 6.95. The van der Waals surface area contributed by atoms with Crippen LogP contribution < -0.4 is 9.62 Å². The number of aromatic nitrogens is 3. The molecule has 2 aromatic carbocycles. The minimum atomic E-state index is -3.68. The van der Waals surface area contributed by atoms with Crippen molar-refractivity contribution >= 4 is 43.1 Å². The molecule has 0 amide bonds. The van der Waals surface area contributed by atoms with Crippen LogP contribution in [0.4, 0.5) is 11.5 Å². The second kappa shape index (κ2) is 9.60. The molecule has 1 saturated heterocycles. The van der Waals surface area contributed by atoms with Crippen molar-refractivity contribution in [3.63, 3.8) is 0 Å². The molecule has 1 fully saturated rings. The van der Waals surface area contributed by atoms with Crippen LogP contribution in [0.25, 0.3) is 10.1 Å². The fraction of sp³-hybridized carbons (Fsp3) is 0.360. The lowest BCUT2D eigenvalue weighted by atomic mass is 10.1. The lowest BCUT2D eigenvalue weighted by Gasteiger charge is -2.35. The highest BCUT2D eigenvalue weighted by Gasteiger charge is 2.24. The first-order valence-electron chi connectivity index (χ1n) is 11.8. The van der Waals surface area contributed by atoms with Crippen molar-refractivity contribution < 1.29 is 8.42 Å². The van der Waals surface area contributed by atoms with Gasteiger partial charge in [-0.15, -0.1) is 0 Å². The zero-order valence-corrected chi connectivity index (χ0v) is 21.9. The summed E-state index contributed by atoms with van der Waals surface area (Å²) in [5, 5.41) is 5.47. The molecule has 3 heterocycles. The predicted molar refractivity (Wildman–Crippen MR) is 142 cm³/mol. The summed E-state index contributed by atoms with van der Waals surface area (Å²) in [5.41, 5.74) is 2.86. The van der Waals surface area contributed by atoms with Gasteiger partial charge < -0.3 is 4.90 Å². The number of aryl methyl sites for hydroxylation is 2. The smallest absolute Gasteiger partial charge is 0.265 e. The average molecular weight is 511 g/mol. The molecule has 0 saturated carbocycles. The van der Waals surface area contributed by atoms with Gasteiger partial charge in [0.2, 0.25) is 0 Å². The Kier molecular flexibility index (Phi) is 6.52. The first-order chi connectivity index (χ1) is 16.8. The fourth-order valence-electron chi connectivity index (χ4n) is 4.66. The van der Waals surface area contributed by atoms with Gasteiger partial charge >= 0.3 is 0 Å². The Morgan fingerprint density at radius 2 is 1.71 bits per heavy atom. The minimum Gasteiger partial charge on any atom is -0.353 e. The Morgan fingerprint density at radius 1 is 1.00 bits per heavy atom. The maximum atomic E-state index is 12.9. The summed E-state index contributed by atoms with van der Waals surface area (Å²) in [6.45, 7) is 8.41. The van der Waals surface area contributed by atoms with E-state index in [1.165, 1.54) is 15.6 Å². The van der Waals surface area contributed by atoms with Crippen molar-refractivity contribution in [3.05, 3.63) is 65.5 Å². The molecule has 1 aliphatic heterocycles. The average Bonchev–Trinajstić information content (AvgIpc) is 3.39. The Bertz CT molecular complexity index is 1430. The van der Waals surface area contributed by atoms with Gasteiger partial charge in [0.25, 0.3) is 10.0 Å². The molecule has 5 rings (SSSR count). The molecule has 0 atom stereocenters. The highest BCUT2D eigenvalue weighted by Crippen LogP contribution is 2.30. The number of nitrogens with zero attached hydrogens (tertiary/aromatic N) is 5. The molecule has 0 radical (unpaired) electrons. The SMILES string of the molecule is Cc1nn(C)c(C)c1S(=O)(=O)Nc1ccc(CCN2CCN(c3nsc4ccccc34)CC2)cc1. The van der Waals surface area contributed by atoms with Gasteiger partial charge in [-0.05, 0) is 61.6 Å². The molecular formula is C25H30N6O2S2. The molecule has 184 valence electrons. The molecule has 0 spiro atoms. The summed E-state index contributed by atoms with van der Waals surface area (Å²) < 4.78 is 36.0. The molecule has 1 aliphatic rings. The Morgan fingerprint density at radius 3 is 2.40 bits per heavy atom. The van der Waals surface area contributed by atoms with Crippen molar-refractivity contribution in [2.75, 3.05) is 42.3 Å². The number of anilines is 2. The van der Waals surface area contributed by atoms with Crippen LogP contribution in [0.1, 0.15) is 17.0 Å². The van der Waals surface area contributed by atoms with Crippen molar-refractivity contribution in [1.29, 1.82) is 0 Å². The van der Waals surface area contributed by atoms with E-state index in [0.29, 0.717) is 17.1 Å². The maximum Gasteiger partial charge on any atom is 0.265 e.